The highest BCUT2D eigenvalue weighted by Crippen LogP contribution is 2.29. The summed E-state index contributed by atoms with van der Waals surface area (Å²) in [5.74, 6) is 0.215. The van der Waals surface area contributed by atoms with Crippen LogP contribution in [0.4, 0.5) is 5.69 Å². The van der Waals surface area contributed by atoms with Crippen molar-refractivity contribution in [2.45, 2.75) is 50.6 Å². The van der Waals surface area contributed by atoms with Crippen molar-refractivity contribution in [2.75, 3.05) is 17.4 Å². The van der Waals surface area contributed by atoms with Gasteiger partial charge in [0, 0.05) is 23.1 Å². The van der Waals surface area contributed by atoms with Crippen molar-refractivity contribution in [3.63, 3.8) is 0 Å². The molecule has 0 aliphatic heterocycles. The molecule has 0 aromatic heterocycles. The van der Waals surface area contributed by atoms with E-state index in [4.69, 9.17) is 27.9 Å². The number of amides is 2. The van der Waals surface area contributed by atoms with Crippen LogP contribution in [0.1, 0.15) is 38.7 Å². The van der Waals surface area contributed by atoms with Gasteiger partial charge in [-0.2, -0.15) is 0 Å². The summed E-state index contributed by atoms with van der Waals surface area (Å²) < 4.78 is 35.1. The van der Waals surface area contributed by atoms with E-state index in [1.54, 1.807) is 67.6 Å². The Kier molecular flexibility index (Phi) is 12.5. The van der Waals surface area contributed by atoms with E-state index in [0.29, 0.717) is 40.1 Å². The van der Waals surface area contributed by atoms with E-state index in [1.165, 1.54) is 17.0 Å². The maximum atomic E-state index is 14.3. The minimum absolute atomic E-state index is 0.0176. The van der Waals surface area contributed by atoms with Gasteiger partial charge >= 0.3 is 0 Å². The van der Waals surface area contributed by atoms with E-state index >= 15 is 0 Å². The number of para-hydroxylation sites is 1. The Morgan fingerprint density at radius 1 is 0.848 bits per heavy atom. The highest BCUT2D eigenvalue weighted by molar-refractivity contribution is 7.92. The second-order valence-corrected chi connectivity index (χ2v) is 13.3. The SMILES string of the molecule is CCCCNC(=O)[C@@H](CC)N(Cc1ccc(Cl)cc1Cl)C(=O)CN(c1ccc(Oc2ccccc2)cc1)S(=O)(=O)c1ccccc1. The van der Waals surface area contributed by atoms with Crippen molar-refractivity contribution >= 4 is 50.7 Å². The first-order chi connectivity index (χ1) is 22.1. The van der Waals surface area contributed by atoms with Crippen LogP contribution in [0.3, 0.4) is 0 Å². The number of hydrogen-bond acceptors (Lipinski definition) is 5. The number of unbranched alkanes of at least 4 members (excludes halogenated alkanes) is 1. The zero-order chi connectivity index (χ0) is 33.1. The van der Waals surface area contributed by atoms with Gasteiger partial charge < -0.3 is 15.0 Å². The minimum atomic E-state index is -4.21. The van der Waals surface area contributed by atoms with E-state index in [1.807, 2.05) is 37.3 Å². The van der Waals surface area contributed by atoms with Gasteiger partial charge in [0.15, 0.2) is 0 Å². The predicted octanol–water partition coefficient (Wildman–Crippen LogP) is 7.70. The molecule has 0 fully saturated rings. The molecule has 242 valence electrons. The molecule has 0 bridgehead atoms. The van der Waals surface area contributed by atoms with Crippen molar-refractivity contribution < 1.29 is 22.7 Å². The fraction of sp³-hybridized carbons (Fsp3) is 0.257. The standard InChI is InChI=1S/C35H37Cl2N3O5S/c1-3-5-22-38-35(42)33(4-2)39(24-26-16-17-27(36)23-32(26)37)34(41)25-40(46(43,44)31-14-10-7-11-15-31)28-18-20-30(21-19-28)45-29-12-8-6-9-13-29/h6-21,23,33H,3-5,22,24-25H2,1-2H3,(H,38,42)/t33-/m1/s1. The maximum absolute atomic E-state index is 14.3. The van der Waals surface area contributed by atoms with Crippen LogP contribution in [0.2, 0.25) is 10.0 Å². The highest BCUT2D eigenvalue weighted by Gasteiger charge is 2.34. The summed E-state index contributed by atoms with van der Waals surface area (Å²) in [6.45, 7) is 3.68. The Morgan fingerprint density at radius 3 is 2.09 bits per heavy atom. The summed E-state index contributed by atoms with van der Waals surface area (Å²) in [6, 6.07) is 27.6. The average molecular weight is 683 g/mol. The molecule has 8 nitrogen and oxygen atoms in total. The number of hydrogen-bond donors (Lipinski definition) is 1. The van der Waals surface area contributed by atoms with Gasteiger partial charge in [0.25, 0.3) is 10.0 Å². The molecule has 1 N–H and O–H groups in total. The molecule has 11 heteroatoms. The molecular formula is C35H37Cl2N3O5S. The number of nitrogens with one attached hydrogen (secondary N) is 1. The van der Waals surface area contributed by atoms with E-state index in [-0.39, 0.29) is 23.0 Å². The van der Waals surface area contributed by atoms with Gasteiger partial charge in [-0.3, -0.25) is 13.9 Å². The van der Waals surface area contributed by atoms with Gasteiger partial charge in [-0.05, 0) is 79.1 Å². The molecule has 0 aliphatic carbocycles. The number of nitrogens with zero attached hydrogens (tertiary/aromatic N) is 2. The van der Waals surface area contributed by atoms with Crippen molar-refractivity contribution in [3.05, 3.63) is 119 Å². The molecule has 4 aromatic rings. The van der Waals surface area contributed by atoms with Gasteiger partial charge in [-0.1, -0.05) is 85.9 Å². The maximum Gasteiger partial charge on any atom is 0.264 e. The minimum Gasteiger partial charge on any atom is -0.457 e. The highest BCUT2D eigenvalue weighted by atomic mass is 35.5. The summed E-state index contributed by atoms with van der Waals surface area (Å²) in [6.07, 6.45) is 1.97. The largest absolute Gasteiger partial charge is 0.457 e. The Hall–Kier alpha value is -4.05. The zero-order valence-corrected chi connectivity index (χ0v) is 28.1. The van der Waals surface area contributed by atoms with Crippen molar-refractivity contribution in [1.82, 2.24) is 10.2 Å². The second kappa shape index (κ2) is 16.5. The molecule has 0 spiro atoms. The van der Waals surface area contributed by atoms with Gasteiger partial charge in [0.05, 0.1) is 10.6 Å². The van der Waals surface area contributed by atoms with Crippen LogP contribution >= 0.6 is 23.2 Å². The molecule has 2 amide bonds. The summed E-state index contributed by atoms with van der Waals surface area (Å²) in [5, 5.41) is 3.67. The third-order valence-electron chi connectivity index (χ3n) is 7.28. The molecule has 0 heterocycles. The lowest BCUT2D eigenvalue weighted by atomic mass is 10.1. The van der Waals surface area contributed by atoms with Crippen LogP contribution in [0, 0.1) is 0 Å². The molecule has 0 radical (unpaired) electrons. The van der Waals surface area contributed by atoms with Crippen LogP contribution in [0.5, 0.6) is 11.5 Å². The van der Waals surface area contributed by atoms with Crippen molar-refractivity contribution in [1.29, 1.82) is 0 Å². The molecule has 0 unspecified atom stereocenters. The topological polar surface area (TPSA) is 96.0 Å². The van der Waals surface area contributed by atoms with Crippen LogP contribution in [-0.4, -0.2) is 44.3 Å². The van der Waals surface area contributed by atoms with E-state index in [2.05, 4.69) is 5.32 Å². The Labute approximate surface area is 280 Å². The first kappa shape index (κ1) is 34.8. The number of ether oxygens (including phenoxy) is 1. The molecule has 1 atom stereocenters. The van der Waals surface area contributed by atoms with E-state index in [9.17, 15) is 18.0 Å². The summed E-state index contributed by atoms with van der Waals surface area (Å²) in [4.78, 5) is 29.1. The molecular weight excluding hydrogens is 645 g/mol. The number of carbonyl (C=O) groups excluding carboxylic acids is 2. The monoisotopic (exact) mass is 681 g/mol. The van der Waals surface area contributed by atoms with Crippen LogP contribution in [0.15, 0.2) is 108 Å². The lowest BCUT2D eigenvalue weighted by Gasteiger charge is -2.33. The van der Waals surface area contributed by atoms with Gasteiger partial charge in [0.1, 0.15) is 24.1 Å². The number of benzene rings is 4. The molecule has 0 saturated heterocycles. The number of carbonyl (C=O) groups is 2. The van der Waals surface area contributed by atoms with E-state index in [0.717, 1.165) is 17.1 Å². The number of sulfonamides is 1. The lowest BCUT2D eigenvalue weighted by molar-refractivity contribution is -0.140. The molecule has 4 aromatic carbocycles. The van der Waals surface area contributed by atoms with Crippen LogP contribution in [0.25, 0.3) is 0 Å². The molecule has 46 heavy (non-hydrogen) atoms. The average Bonchev–Trinajstić information content (AvgIpc) is 3.06. The number of anilines is 1. The van der Waals surface area contributed by atoms with E-state index < -0.39 is 28.5 Å². The number of halogens is 2. The molecule has 0 aliphatic rings. The summed E-state index contributed by atoms with van der Waals surface area (Å²) >= 11 is 12.6. The Balaban J connectivity index is 1.71. The van der Waals surface area contributed by atoms with Gasteiger partial charge in [-0.15, -0.1) is 0 Å². The van der Waals surface area contributed by atoms with Crippen LogP contribution < -0.4 is 14.4 Å². The fourth-order valence-corrected chi connectivity index (χ4v) is 6.72. The molecule has 4 rings (SSSR count). The number of rotatable bonds is 15. The van der Waals surface area contributed by atoms with Crippen molar-refractivity contribution in [3.8, 4) is 11.5 Å². The zero-order valence-electron chi connectivity index (χ0n) is 25.7. The Morgan fingerprint density at radius 2 is 1.48 bits per heavy atom. The van der Waals surface area contributed by atoms with Gasteiger partial charge in [0.2, 0.25) is 11.8 Å². The lowest BCUT2D eigenvalue weighted by Crippen LogP contribution is -2.52. The first-order valence-electron chi connectivity index (χ1n) is 15.1. The summed E-state index contributed by atoms with van der Waals surface area (Å²) in [5.41, 5.74) is 0.821. The quantitative estimate of drug-likeness (QED) is 0.130. The molecule has 0 saturated carbocycles. The smallest absolute Gasteiger partial charge is 0.264 e. The van der Waals surface area contributed by atoms with Gasteiger partial charge in [-0.25, -0.2) is 8.42 Å². The second-order valence-electron chi connectivity index (χ2n) is 10.6. The summed E-state index contributed by atoms with van der Waals surface area (Å²) in [7, 11) is -4.21. The van der Waals surface area contributed by atoms with Crippen LogP contribution in [-0.2, 0) is 26.2 Å². The van der Waals surface area contributed by atoms with Crippen molar-refractivity contribution in [2.24, 2.45) is 0 Å². The first-order valence-corrected chi connectivity index (χ1v) is 17.3. The normalized spacial score (nSPS) is 11.8. The predicted molar refractivity (Wildman–Crippen MR) is 183 cm³/mol. The fourth-order valence-electron chi connectivity index (χ4n) is 4.81. The third-order valence-corrected chi connectivity index (χ3v) is 9.66. The third kappa shape index (κ3) is 9.02. The Bertz CT molecular complexity index is 1710.